The van der Waals surface area contributed by atoms with E-state index in [9.17, 15) is 29.1 Å². The Balaban J connectivity index is 1.35. The number of nitrogens with two attached hydrogens (primary N) is 1. The zero-order chi connectivity index (χ0) is 39.4. The maximum Gasteiger partial charge on any atom is 0.243 e. The van der Waals surface area contributed by atoms with E-state index in [1.807, 2.05) is 54.6 Å². The lowest BCUT2D eigenvalue weighted by molar-refractivity contribution is -0.134. The van der Waals surface area contributed by atoms with Crippen molar-refractivity contribution in [3.05, 3.63) is 114 Å². The highest BCUT2D eigenvalue weighted by Gasteiger charge is 2.32. The van der Waals surface area contributed by atoms with E-state index in [2.05, 4.69) is 41.9 Å². The molecule has 0 fully saturated rings. The first kappa shape index (κ1) is 39.2. The average Bonchev–Trinajstić information content (AvgIpc) is 3.83. The van der Waals surface area contributed by atoms with Crippen LogP contribution in [0.15, 0.2) is 91.3 Å². The molecule has 56 heavy (non-hydrogen) atoms. The lowest BCUT2D eigenvalue weighted by Gasteiger charge is -2.27. The summed E-state index contributed by atoms with van der Waals surface area (Å²) in [5.74, 6) is -2.86. The van der Waals surface area contributed by atoms with Gasteiger partial charge in [0.05, 0.1) is 12.7 Å². The molecular weight excluding hydrogens is 717 g/mol. The van der Waals surface area contributed by atoms with Crippen molar-refractivity contribution in [2.75, 3.05) is 6.54 Å². The minimum atomic E-state index is -1.18. The Morgan fingerprint density at radius 2 is 1.32 bits per heavy atom. The number of fused-ring (bicyclic) bond motifs is 3. The number of benzene rings is 3. The van der Waals surface area contributed by atoms with Gasteiger partial charge in [0, 0.05) is 36.4 Å². The number of para-hydroxylation sites is 1. The van der Waals surface area contributed by atoms with Gasteiger partial charge in [-0.1, -0.05) is 65.9 Å². The Labute approximate surface area is 323 Å². The van der Waals surface area contributed by atoms with E-state index in [0.29, 0.717) is 30.6 Å². The first-order chi connectivity index (χ1) is 27.1. The van der Waals surface area contributed by atoms with Crippen LogP contribution in [0.1, 0.15) is 41.6 Å². The average molecular weight is 763 g/mol. The van der Waals surface area contributed by atoms with Crippen LogP contribution in [0.3, 0.4) is 0 Å². The fraction of sp³-hybridized carbons (Fsp3) is 0.325. The highest BCUT2D eigenvalue weighted by atomic mass is 16.3. The van der Waals surface area contributed by atoms with Gasteiger partial charge in [0.25, 0.3) is 0 Å². The number of amides is 5. The van der Waals surface area contributed by atoms with Crippen LogP contribution < -0.4 is 32.3 Å². The van der Waals surface area contributed by atoms with E-state index < -0.39 is 53.7 Å². The van der Waals surface area contributed by atoms with E-state index in [1.54, 1.807) is 18.3 Å². The molecule has 0 saturated heterocycles. The van der Waals surface area contributed by atoms with E-state index in [-0.39, 0.29) is 44.5 Å². The molecule has 16 heteroatoms. The molecule has 4 atom stereocenters. The molecule has 3 heterocycles. The first-order valence-corrected chi connectivity index (χ1v) is 18.6. The van der Waals surface area contributed by atoms with Crippen molar-refractivity contribution in [1.82, 2.24) is 46.6 Å². The number of aromatic amines is 1. The minimum Gasteiger partial charge on any atom is -0.508 e. The number of unbranched alkanes of at least 4 members (excludes halogenated alkanes) is 1. The van der Waals surface area contributed by atoms with E-state index in [0.717, 1.165) is 22.0 Å². The predicted molar refractivity (Wildman–Crippen MR) is 206 cm³/mol. The molecule has 0 unspecified atom stereocenters. The van der Waals surface area contributed by atoms with Gasteiger partial charge < -0.3 is 42.4 Å². The summed E-state index contributed by atoms with van der Waals surface area (Å²) in [4.78, 5) is 73.0. The monoisotopic (exact) mass is 762 g/mol. The van der Waals surface area contributed by atoms with Crippen molar-refractivity contribution in [3.8, 4) is 5.75 Å². The highest BCUT2D eigenvalue weighted by Crippen LogP contribution is 2.20. The van der Waals surface area contributed by atoms with Crippen LogP contribution in [0.4, 0.5) is 0 Å². The highest BCUT2D eigenvalue weighted by molar-refractivity contribution is 5.96. The number of rotatable bonds is 10. The van der Waals surface area contributed by atoms with Crippen molar-refractivity contribution in [1.29, 1.82) is 0 Å². The van der Waals surface area contributed by atoms with Gasteiger partial charge >= 0.3 is 0 Å². The molecule has 0 aliphatic carbocycles. The van der Waals surface area contributed by atoms with Crippen molar-refractivity contribution >= 4 is 40.4 Å². The number of nitrogens with one attached hydrogen (secondary N) is 6. The Kier molecular flexibility index (Phi) is 13.0. The van der Waals surface area contributed by atoms with Gasteiger partial charge in [0.2, 0.25) is 29.5 Å². The van der Waals surface area contributed by atoms with E-state index >= 15 is 0 Å². The fourth-order valence-corrected chi connectivity index (χ4v) is 6.63. The summed E-state index contributed by atoms with van der Waals surface area (Å²) in [6.07, 6.45) is 4.78. The third-order valence-corrected chi connectivity index (χ3v) is 9.59. The molecule has 6 rings (SSSR count). The summed E-state index contributed by atoms with van der Waals surface area (Å²) in [5, 5.41) is 32.9. The first-order valence-electron chi connectivity index (χ1n) is 18.6. The molecule has 0 saturated carbocycles. The number of hydrogen-bond donors (Lipinski definition) is 8. The van der Waals surface area contributed by atoms with E-state index in [1.165, 1.54) is 23.0 Å². The zero-order valence-electron chi connectivity index (χ0n) is 30.7. The summed E-state index contributed by atoms with van der Waals surface area (Å²) >= 11 is 0. The number of phenolic OH excluding ortho intramolecular Hbond substituents is 1. The maximum absolute atomic E-state index is 14.4. The van der Waals surface area contributed by atoms with Gasteiger partial charge in [-0.15, -0.1) is 5.10 Å². The Hall–Kier alpha value is -6.55. The number of aromatic hydroxyl groups is 1. The standard InChI is InChI=1S/C40H46N10O6/c41-17-7-6-12-32-38(54)46-33(19-26-13-15-29(51)16-14-26)37(53)43-22-28-23-50(49-48-28)24-36(52)44-34(18-25-8-2-1-3-9-25)39(55)47-35(40(56)45-32)20-27-21-42-31-11-5-4-10-30(27)31/h1-5,8-11,13-16,21,23,32-35,42,51H,6-7,12,17-20,22,24,41H2,(H,43,53)(H,44,52)(H,45,56)(H,46,54)(H,47,55)/t32-,33-,34-,35-/m0/s1. The Bertz CT molecular complexity index is 2130. The molecule has 1 aliphatic rings. The number of carbonyl (C=O) groups excluding carboxylic acids is 5. The predicted octanol–water partition coefficient (Wildman–Crippen LogP) is 0.891. The third-order valence-electron chi connectivity index (χ3n) is 9.59. The number of aromatic nitrogens is 4. The molecule has 2 bridgehead atoms. The van der Waals surface area contributed by atoms with E-state index in [4.69, 9.17) is 5.73 Å². The molecule has 0 spiro atoms. The third kappa shape index (κ3) is 10.6. The van der Waals surface area contributed by atoms with Gasteiger partial charge in [-0.05, 0) is 60.7 Å². The Morgan fingerprint density at radius 1 is 0.696 bits per heavy atom. The number of nitrogens with zero attached hydrogens (tertiary/aromatic N) is 3. The molecule has 9 N–H and O–H groups in total. The van der Waals surface area contributed by atoms with Crippen molar-refractivity contribution in [2.45, 2.75) is 75.8 Å². The molecule has 16 nitrogen and oxygen atoms in total. The zero-order valence-corrected chi connectivity index (χ0v) is 30.7. The fourth-order valence-electron chi connectivity index (χ4n) is 6.63. The largest absolute Gasteiger partial charge is 0.508 e. The van der Waals surface area contributed by atoms with Crippen LogP contribution >= 0.6 is 0 Å². The Morgan fingerprint density at radius 3 is 2.05 bits per heavy atom. The van der Waals surface area contributed by atoms with Crippen LogP contribution in [0.2, 0.25) is 0 Å². The summed E-state index contributed by atoms with van der Waals surface area (Å²) in [6, 6.07) is 18.5. The van der Waals surface area contributed by atoms with Crippen LogP contribution in [0.5, 0.6) is 5.75 Å². The van der Waals surface area contributed by atoms with Crippen LogP contribution in [-0.4, -0.2) is 85.3 Å². The molecular formula is C40H46N10O6. The quantitative estimate of drug-likeness (QED) is 0.0942. The van der Waals surface area contributed by atoms with Gasteiger partial charge in [0.15, 0.2) is 0 Å². The molecule has 2 aromatic heterocycles. The SMILES string of the molecule is NCCCC[C@@H]1NC(=O)[C@H](Cc2c[nH]c3ccccc23)NC(=O)[C@H](Cc2ccccc2)NC(=O)Cn2cc(nn2)CNC(=O)[C@H](Cc2ccc(O)cc2)NC1=O. The maximum atomic E-state index is 14.4. The molecule has 1 aliphatic heterocycles. The molecule has 5 aromatic rings. The topological polar surface area (TPSA) is 238 Å². The number of H-pyrrole nitrogens is 1. The minimum absolute atomic E-state index is 0.0443. The van der Waals surface area contributed by atoms with Gasteiger partial charge in [-0.3, -0.25) is 24.0 Å². The second kappa shape index (κ2) is 18.7. The number of carbonyl (C=O) groups is 5. The lowest BCUT2D eigenvalue weighted by atomic mass is 10.0. The van der Waals surface area contributed by atoms with Gasteiger partial charge in [0.1, 0.15) is 42.2 Å². The molecule has 0 radical (unpaired) electrons. The second-order valence-corrected chi connectivity index (χ2v) is 13.8. The van der Waals surface area contributed by atoms with Gasteiger partial charge in [-0.2, -0.15) is 0 Å². The summed E-state index contributed by atoms with van der Waals surface area (Å²) in [7, 11) is 0. The van der Waals surface area contributed by atoms with Crippen LogP contribution in [0.25, 0.3) is 10.9 Å². The number of hydrogen-bond acceptors (Lipinski definition) is 9. The summed E-state index contributed by atoms with van der Waals surface area (Å²) in [5.41, 5.74) is 9.16. The van der Waals surface area contributed by atoms with Crippen molar-refractivity contribution < 1.29 is 29.1 Å². The smallest absolute Gasteiger partial charge is 0.243 e. The lowest BCUT2D eigenvalue weighted by Crippen LogP contribution is -2.59. The molecule has 292 valence electrons. The molecule has 5 amide bonds. The normalized spacial score (nSPS) is 20.1. The van der Waals surface area contributed by atoms with Crippen molar-refractivity contribution in [3.63, 3.8) is 0 Å². The summed E-state index contributed by atoms with van der Waals surface area (Å²) in [6.45, 7) is 0.0307. The molecule has 3 aromatic carbocycles. The van der Waals surface area contributed by atoms with Crippen LogP contribution in [-0.2, 0) is 56.3 Å². The number of phenols is 1. The van der Waals surface area contributed by atoms with Gasteiger partial charge in [-0.25, -0.2) is 4.68 Å². The second-order valence-electron chi connectivity index (χ2n) is 13.8. The van der Waals surface area contributed by atoms with Crippen LogP contribution in [0, 0.1) is 0 Å². The van der Waals surface area contributed by atoms with Crippen molar-refractivity contribution in [2.24, 2.45) is 5.73 Å². The summed E-state index contributed by atoms with van der Waals surface area (Å²) < 4.78 is 1.29.